The monoisotopic (exact) mass is 336 g/mol. The van der Waals surface area contributed by atoms with Gasteiger partial charge in [-0.2, -0.15) is 5.10 Å². The fourth-order valence-electron chi connectivity index (χ4n) is 1.67. The molecule has 2 aromatic carbocycles. The number of nitrogens with two attached hydrogens (primary N) is 2. The minimum atomic E-state index is -0.123. The van der Waals surface area contributed by atoms with Crippen molar-refractivity contribution in [3.63, 3.8) is 0 Å². The lowest BCUT2D eigenvalue weighted by Crippen LogP contribution is -2.21. The van der Waals surface area contributed by atoms with Gasteiger partial charge in [-0.05, 0) is 29.8 Å². The van der Waals surface area contributed by atoms with Crippen LogP contribution in [0, 0.1) is 0 Å². The quantitative estimate of drug-likeness (QED) is 0.499. The maximum atomic E-state index is 6.17. The zero-order chi connectivity index (χ0) is 15.9. The highest BCUT2D eigenvalue weighted by molar-refractivity contribution is 6.32. The Labute approximate surface area is 138 Å². The molecule has 7 heteroatoms. The summed E-state index contributed by atoms with van der Waals surface area (Å²) in [5.74, 6) is 0.385. The molecule has 0 atom stereocenters. The average Bonchev–Trinajstić information content (AvgIpc) is 2.48. The molecule has 0 bridgehead atoms. The van der Waals surface area contributed by atoms with Gasteiger partial charge in [-0.3, -0.25) is 0 Å². The molecule has 0 aliphatic rings. The van der Waals surface area contributed by atoms with Crippen molar-refractivity contribution < 1.29 is 4.74 Å². The Hall–Kier alpha value is -2.24. The van der Waals surface area contributed by atoms with Gasteiger partial charge in [0.05, 0.1) is 11.2 Å². The normalized spacial score (nSPS) is 10.6. The summed E-state index contributed by atoms with van der Waals surface area (Å²) in [7, 11) is 0. The van der Waals surface area contributed by atoms with E-state index in [-0.39, 0.29) is 5.96 Å². The Morgan fingerprint density at radius 1 is 1.09 bits per heavy atom. The topological polar surface area (TPSA) is 86.0 Å². The number of hydrogen-bond acceptors (Lipinski definition) is 3. The lowest BCUT2D eigenvalue weighted by atomic mass is 10.2. The van der Waals surface area contributed by atoms with Crippen LogP contribution in [-0.2, 0) is 6.61 Å². The summed E-state index contributed by atoms with van der Waals surface area (Å²) in [4.78, 5) is 0. The van der Waals surface area contributed by atoms with E-state index in [1.807, 2.05) is 12.1 Å². The van der Waals surface area contributed by atoms with Crippen LogP contribution in [0.2, 0.25) is 10.0 Å². The Balaban J connectivity index is 2.17. The summed E-state index contributed by atoms with van der Waals surface area (Å²) >= 11 is 12.0. The predicted molar refractivity (Wildman–Crippen MR) is 90.6 cm³/mol. The Bertz CT molecular complexity index is 695. The highest BCUT2D eigenvalue weighted by atomic mass is 35.5. The number of guanidine groups is 1. The maximum absolute atomic E-state index is 6.17. The van der Waals surface area contributed by atoms with E-state index in [0.29, 0.717) is 28.0 Å². The van der Waals surface area contributed by atoms with E-state index in [4.69, 9.17) is 39.4 Å². The first-order chi connectivity index (χ1) is 10.6. The minimum absolute atomic E-state index is 0.123. The van der Waals surface area contributed by atoms with Crippen molar-refractivity contribution in [2.75, 3.05) is 0 Å². The summed E-state index contributed by atoms with van der Waals surface area (Å²) in [5, 5.41) is 8.46. The molecule has 0 heterocycles. The number of halogens is 2. The van der Waals surface area contributed by atoms with Crippen LogP contribution in [0.3, 0.4) is 0 Å². The molecule has 0 fully saturated rings. The molecule has 0 aromatic heterocycles. The van der Waals surface area contributed by atoms with E-state index in [0.717, 1.165) is 5.56 Å². The third kappa shape index (κ3) is 4.65. The highest BCUT2D eigenvalue weighted by Gasteiger charge is 2.07. The first-order valence-electron chi connectivity index (χ1n) is 6.34. The molecule has 0 unspecified atom stereocenters. The molecule has 0 saturated carbocycles. The summed E-state index contributed by atoms with van der Waals surface area (Å²) in [6, 6.07) is 12.7. The molecule has 0 saturated heterocycles. The van der Waals surface area contributed by atoms with Crippen LogP contribution in [0.1, 0.15) is 11.1 Å². The molecule has 5 nitrogen and oxygen atoms in total. The molecule has 22 heavy (non-hydrogen) atoms. The lowest BCUT2D eigenvalue weighted by Gasteiger charge is -2.10. The Morgan fingerprint density at radius 2 is 1.82 bits per heavy atom. The number of benzene rings is 2. The standard InChI is InChI=1S/C15H14Cl2N4O/c16-12-6-4-10(5-7-12)9-22-14-11(2-1-3-13(14)17)8-20-21-15(18)19/h1-8H,9H2,(H4,18,19,21)/b20-8+. The average molecular weight is 337 g/mol. The summed E-state index contributed by atoms with van der Waals surface area (Å²) in [6.07, 6.45) is 1.47. The summed E-state index contributed by atoms with van der Waals surface area (Å²) < 4.78 is 5.77. The molecule has 0 aliphatic heterocycles. The summed E-state index contributed by atoms with van der Waals surface area (Å²) in [5.41, 5.74) is 12.1. The molecule has 0 aliphatic carbocycles. The Morgan fingerprint density at radius 3 is 2.50 bits per heavy atom. The van der Waals surface area contributed by atoms with E-state index >= 15 is 0 Å². The van der Waals surface area contributed by atoms with Crippen molar-refractivity contribution in [3.8, 4) is 5.75 Å². The van der Waals surface area contributed by atoms with Gasteiger partial charge in [-0.15, -0.1) is 5.10 Å². The third-order valence-corrected chi connectivity index (χ3v) is 3.21. The van der Waals surface area contributed by atoms with Crippen LogP contribution in [-0.4, -0.2) is 12.2 Å². The molecule has 2 rings (SSSR count). The van der Waals surface area contributed by atoms with Gasteiger partial charge in [-0.25, -0.2) is 0 Å². The van der Waals surface area contributed by atoms with E-state index in [1.54, 1.807) is 30.3 Å². The largest absolute Gasteiger partial charge is 0.487 e. The van der Waals surface area contributed by atoms with Gasteiger partial charge in [0.1, 0.15) is 12.4 Å². The fourth-order valence-corrected chi connectivity index (χ4v) is 2.04. The first-order valence-corrected chi connectivity index (χ1v) is 7.09. The van der Waals surface area contributed by atoms with Crippen molar-refractivity contribution in [2.45, 2.75) is 6.61 Å². The van der Waals surface area contributed by atoms with E-state index < -0.39 is 0 Å². The van der Waals surface area contributed by atoms with Crippen molar-refractivity contribution in [3.05, 3.63) is 63.6 Å². The SMILES string of the molecule is NC(N)=N/N=C/c1cccc(Cl)c1OCc1ccc(Cl)cc1. The van der Waals surface area contributed by atoms with Crippen LogP contribution < -0.4 is 16.2 Å². The zero-order valence-corrected chi connectivity index (χ0v) is 13.1. The highest BCUT2D eigenvalue weighted by Crippen LogP contribution is 2.28. The van der Waals surface area contributed by atoms with Crippen molar-refractivity contribution in [2.24, 2.45) is 21.7 Å². The molecular formula is C15H14Cl2N4O. The van der Waals surface area contributed by atoms with Crippen LogP contribution in [0.25, 0.3) is 0 Å². The predicted octanol–water partition coefficient (Wildman–Crippen LogP) is 3.18. The van der Waals surface area contributed by atoms with Crippen LogP contribution in [0.15, 0.2) is 52.7 Å². The maximum Gasteiger partial charge on any atom is 0.211 e. The number of ether oxygens (including phenoxy) is 1. The number of hydrogen-bond donors (Lipinski definition) is 2. The number of nitrogens with zero attached hydrogens (tertiary/aromatic N) is 2. The van der Waals surface area contributed by atoms with Gasteiger partial charge < -0.3 is 16.2 Å². The van der Waals surface area contributed by atoms with Crippen molar-refractivity contribution >= 4 is 35.4 Å². The molecule has 2 aromatic rings. The molecule has 0 amide bonds. The van der Waals surface area contributed by atoms with Crippen LogP contribution >= 0.6 is 23.2 Å². The second kappa shape index (κ2) is 7.68. The van der Waals surface area contributed by atoms with Crippen molar-refractivity contribution in [1.82, 2.24) is 0 Å². The molecular weight excluding hydrogens is 323 g/mol. The third-order valence-electron chi connectivity index (χ3n) is 2.66. The van der Waals surface area contributed by atoms with Gasteiger partial charge >= 0.3 is 0 Å². The van der Waals surface area contributed by atoms with Gasteiger partial charge in [-0.1, -0.05) is 41.4 Å². The molecule has 114 valence electrons. The van der Waals surface area contributed by atoms with Gasteiger partial charge in [0.2, 0.25) is 5.96 Å². The van der Waals surface area contributed by atoms with Crippen LogP contribution in [0.4, 0.5) is 0 Å². The molecule has 0 spiro atoms. The summed E-state index contributed by atoms with van der Waals surface area (Å²) in [6.45, 7) is 0.351. The van der Waals surface area contributed by atoms with Crippen molar-refractivity contribution in [1.29, 1.82) is 0 Å². The lowest BCUT2D eigenvalue weighted by molar-refractivity contribution is 0.306. The van der Waals surface area contributed by atoms with Gasteiger partial charge in [0, 0.05) is 10.6 Å². The van der Waals surface area contributed by atoms with Crippen LogP contribution in [0.5, 0.6) is 5.75 Å². The second-order valence-electron chi connectivity index (χ2n) is 4.34. The molecule has 4 N–H and O–H groups in total. The van der Waals surface area contributed by atoms with Gasteiger partial charge in [0.25, 0.3) is 0 Å². The van der Waals surface area contributed by atoms with E-state index in [2.05, 4.69) is 10.2 Å². The minimum Gasteiger partial charge on any atom is -0.487 e. The smallest absolute Gasteiger partial charge is 0.211 e. The number of rotatable bonds is 5. The van der Waals surface area contributed by atoms with Gasteiger partial charge in [0.15, 0.2) is 0 Å². The first kappa shape index (κ1) is 16.1. The van der Waals surface area contributed by atoms with E-state index in [1.165, 1.54) is 6.21 Å². The second-order valence-corrected chi connectivity index (χ2v) is 5.19. The zero-order valence-electron chi connectivity index (χ0n) is 11.5. The fraction of sp³-hybridized carbons (Fsp3) is 0.0667. The van der Waals surface area contributed by atoms with E-state index in [9.17, 15) is 0 Å². The number of para-hydroxylation sites is 1. The molecule has 0 radical (unpaired) electrons. The Kier molecular flexibility index (Phi) is 5.63.